The van der Waals surface area contributed by atoms with Crippen LogP contribution in [0.5, 0.6) is 0 Å². The Morgan fingerprint density at radius 3 is 2.42 bits per heavy atom. The average molecular weight is 523 g/mol. The smallest absolute Gasteiger partial charge is 0.201 e. The molecule has 1 aromatic carbocycles. The second kappa shape index (κ2) is 9.16. The van der Waals surface area contributed by atoms with E-state index in [0.717, 1.165) is 38.2 Å². The van der Waals surface area contributed by atoms with Gasteiger partial charge in [0, 0.05) is 40.6 Å². The van der Waals surface area contributed by atoms with E-state index in [1.165, 1.54) is 12.3 Å². The summed E-state index contributed by atoms with van der Waals surface area (Å²) in [6, 6.07) is 4.02. The van der Waals surface area contributed by atoms with Crippen LogP contribution in [0.4, 0.5) is 8.78 Å². The van der Waals surface area contributed by atoms with Crippen molar-refractivity contribution in [3.63, 3.8) is 0 Å². The summed E-state index contributed by atoms with van der Waals surface area (Å²) >= 11 is 0. The Kier molecular flexibility index (Phi) is 6.03. The molecule has 0 spiro atoms. The van der Waals surface area contributed by atoms with E-state index < -0.39 is 11.6 Å². The van der Waals surface area contributed by atoms with Crippen molar-refractivity contribution in [3.05, 3.63) is 42.2 Å². The van der Waals surface area contributed by atoms with Crippen LogP contribution in [0.15, 0.2) is 30.6 Å². The molecule has 0 amide bonds. The van der Waals surface area contributed by atoms with Gasteiger partial charge in [-0.2, -0.15) is 5.10 Å². The molecule has 0 bridgehead atoms. The first kappa shape index (κ1) is 25.0. The molecule has 0 aliphatic carbocycles. The molecular formula is C27H32F2N8O. The predicted octanol–water partition coefficient (Wildman–Crippen LogP) is 5.21. The molecule has 38 heavy (non-hydrogen) atoms. The van der Waals surface area contributed by atoms with Gasteiger partial charge in [-0.25, -0.2) is 18.1 Å². The van der Waals surface area contributed by atoms with Gasteiger partial charge in [0.05, 0.1) is 17.9 Å². The van der Waals surface area contributed by atoms with Gasteiger partial charge in [0.15, 0.2) is 0 Å². The number of nitrogens with zero attached hydrogens (tertiary/aromatic N) is 7. The third-order valence-electron chi connectivity index (χ3n) is 7.43. The van der Waals surface area contributed by atoms with E-state index in [4.69, 9.17) is 4.74 Å². The first-order valence-corrected chi connectivity index (χ1v) is 13.1. The first-order valence-electron chi connectivity index (χ1n) is 13.1. The maximum atomic E-state index is 15.3. The zero-order chi connectivity index (χ0) is 26.7. The van der Waals surface area contributed by atoms with E-state index in [1.807, 2.05) is 4.68 Å². The van der Waals surface area contributed by atoms with Crippen molar-refractivity contribution in [2.45, 2.75) is 83.1 Å². The van der Waals surface area contributed by atoms with E-state index in [1.54, 1.807) is 16.9 Å². The van der Waals surface area contributed by atoms with Crippen LogP contribution in [0.3, 0.4) is 0 Å². The minimum atomic E-state index is -0.606. The Morgan fingerprint density at radius 2 is 1.68 bits per heavy atom. The molecule has 9 nitrogen and oxygen atoms in total. The van der Waals surface area contributed by atoms with Crippen molar-refractivity contribution in [1.82, 2.24) is 40.3 Å². The molecule has 2 fully saturated rings. The van der Waals surface area contributed by atoms with Crippen LogP contribution in [-0.4, -0.2) is 52.7 Å². The van der Waals surface area contributed by atoms with Crippen molar-refractivity contribution in [2.75, 3.05) is 6.61 Å². The molecule has 11 heteroatoms. The van der Waals surface area contributed by atoms with E-state index in [2.05, 4.69) is 58.6 Å². The lowest BCUT2D eigenvalue weighted by molar-refractivity contribution is -0.0394. The first-order chi connectivity index (χ1) is 18.1. The third kappa shape index (κ3) is 4.69. The Morgan fingerprint density at radius 1 is 0.947 bits per heavy atom. The highest BCUT2D eigenvalue weighted by molar-refractivity contribution is 5.76. The fourth-order valence-electron chi connectivity index (χ4n) is 6.10. The highest BCUT2D eigenvalue weighted by Gasteiger charge is 2.39. The van der Waals surface area contributed by atoms with E-state index in [9.17, 15) is 0 Å². The number of aromatic nitrogens is 7. The largest absolute Gasteiger partial charge is 0.357 e. The van der Waals surface area contributed by atoms with Crippen molar-refractivity contribution < 1.29 is 13.5 Å². The number of ether oxygens (including phenoxy) is 1. The zero-order valence-electron chi connectivity index (χ0n) is 22.1. The van der Waals surface area contributed by atoms with E-state index in [-0.39, 0.29) is 40.2 Å². The fourth-order valence-corrected chi connectivity index (χ4v) is 6.10. The quantitative estimate of drug-likeness (QED) is 0.393. The summed E-state index contributed by atoms with van der Waals surface area (Å²) in [5, 5.41) is 25.2. The lowest BCUT2D eigenvalue weighted by atomic mass is 9.80. The van der Waals surface area contributed by atoms with Crippen LogP contribution >= 0.6 is 0 Å². The number of benzene rings is 1. The zero-order valence-corrected chi connectivity index (χ0v) is 22.1. The maximum Gasteiger partial charge on any atom is 0.201 e. The molecule has 1 N–H and O–H groups in total. The number of fused-ring (bicyclic) bond motifs is 1. The van der Waals surface area contributed by atoms with Crippen LogP contribution in [0.25, 0.3) is 33.5 Å². The Balaban J connectivity index is 1.29. The van der Waals surface area contributed by atoms with Crippen LogP contribution in [0.1, 0.15) is 72.1 Å². The van der Waals surface area contributed by atoms with E-state index in [0.29, 0.717) is 23.3 Å². The molecule has 1 unspecified atom stereocenters. The summed E-state index contributed by atoms with van der Waals surface area (Å²) in [4.78, 5) is 0. The van der Waals surface area contributed by atoms with Crippen molar-refractivity contribution in [1.29, 1.82) is 0 Å². The van der Waals surface area contributed by atoms with Gasteiger partial charge in [-0.05, 0) is 78.0 Å². The standard InChI is InChI=1S/C27H32F2N8O/c1-26(2)12-17(13-27(3,4)34-26)37-25-23(32-35-37)11-22(31-33-25)19-10-20(28)18(9-21(19)29)16-14-30-36(15-16)24-7-5-6-8-38-24/h9-11,14-15,17,24,34H,5-8,12-13H2,1-4H3. The molecule has 0 radical (unpaired) electrons. The van der Waals surface area contributed by atoms with Crippen LogP contribution < -0.4 is 5.32 Å². The Labute approximate surface area is 219 Å². The number of piperidine rings is 1. The molecule has 2 aliphatic rings. The molecule has 2 aliphatic heterocycles. The second-order valence-electron chi connectivity index (χ2n) is 11.8. The van der Waals surface area contributed by atoms with Gasteiger partial charge in [0.25, 0.3) is 0 Å². The highest BCUT2D eigenvalue weighted by atomic mass is 19.1. The molecule has 4 aromatic rings. The number of nitrogens with one attached hydrogen (secondary N) is 1. The monoisotopic (exact) mass is 522 g/mol. The summed E-state index contributed by atoms with van der Waals surface area (Å²) in [5.41, 5.74) is 1.68. The SMILES string of the molecule is CC1(C)CC(n2nnc3cc(-c4cc(F)c(-c5cnn(C6CCCCO6)c5)cc4F)nnc32)CC(C)(C)N1. The number of rotatable bonds is 4. The normalized spacial score (nSPS) is 21.7. The van der Waals surface area contributed by atoms with Gasteiger partial charge < -0.3 is 10.1 Å². The van der Waals surface area contributed by atoms with Crippen LogP contribution in [0.2, 0.25) is 0 Å². The van der Waals surface area contributed by atoms with Gasteiger partial charge in [0.1, 0.15) is 23.4 Å². The lowest BCUT2D eigenvalue weighted by Crippen LogP contribution is -2.58. The Bertz CT molecular complexity index is 1470. The Hall–Kier alpha value is -3.31. The molecule has 6 rings (SSSR count). The summed E-state index contributed by atoms with van der Waals surface area (Å²) in [6.07, 6.45) is 7.66. The molecule has 0 saturated carbocycles. The maximum absolute atomic E-state index is 15.3. The van der Waals surface area contributed by atoms with Gasteiger partial charge in [-0.3, -0.25) is 0 Å². The molecular weight excluding hydrogens is 490 g/mol. The number of hydrogen-bond acceptors (Lipinski definition) is 7. The van der Waals surface area contributed by atoms with Crippen molar-refractivity contribution in [3.8, 4) is 22.4 Å². The summed E-state index contributed by atoms with van der Waals surface area (Å²) in [6.45, 7) is 9.34. The number of halogens is 2. The molecule has 200 valence electrons. The van der Waals surface area contributed by atoms with E-state index >= 15 is 8.78 Å². The minimum Gasteiger partial charge on any atom is -0.357 e. The molecule has 1 atom stereocenters. The predicted molar refractivity (Wildman–Crippen MR) is 138 cm³/mol. The summed E-state index contributed by atoms with van der Waals surface area (Å²) in [7, 11) is 0. The van der Waals surface area contributed by atoms with Crippen molar-refractivity contribution >= 4 is 11.2 Å². The minimum absolute atomic E-state index is 0.0161. The lowest BCUT2D eigenvalue weighted by Gasteiger charge is -2.46. The average Bonchev–Trinajstić information content (AvgIpc) is 3.51. The van der Waals surface area contributed by atoms with Gasteiger partial charge in [0.2, 0.25) is 5.65 Å². The van der Waals surface area contributed by atoms with Crippen LogP contribution in [0, 0.1) is 11.6 Å². The third-order valence-corrected chi connectivity index (χ3v) is 7.43. The number of hydrogen-bond donors (Lipinski definition) is 1. The van der Waals surface area contributed by atoms with Gasteiger partial charge in [-0.15, -0.1) is 15.3 Å². The van der Waals surface area contributed by atoms with Crippen molar-refractivity contribution in [2.24, 2.45) is 0 Å². The highest BCUT2D eigenvalue weighted by Crippen LogP contribution is 2.37. The topological polar surface area (TPSA) is 95.6 Å². The summed E-state index contributed by atoms with van der Waals surface area (Å²) in [5.74, 6) is -1.18. The van der Waals surface area contributed by atoms with Gasteiger partial charge >= 0.3 is 0 Å². The molecule has 2 saturated heterocycles. The molecule has 3 aromatic heterocycles. The molecule has 5 heterocycles. The second-order valence-corrected chi connectivity index (χ2v) is 11.8. The summed E-state index contributed by atoms with van der Waals surface area (Å²) < 4.78 is 39.8. The van der Waals surface area contributed by atoms with Gasteiger partial charge in [-0.1, -0.05) is 5.21 Å². The van der Waals surface area contributed by atoms with Crippen LogP contribution in [-0.2, 0) is 4.74 Å². The fraction of sp³-hybridized carbons (Fsp3) is 0.519.